The van der Waals surface area contributed by atoms with Crippen molar-refractivity contribution < 1.29 is 0 Å². The van der Waals surface area contributed by atoms with E-state index in [0.717, 1.165) is 16.5 Å². The lowest BCUT2D eigenvalue weighted by Gasteiger charge is -2.05. The SMILES string of the molecule is CC1CNC(C2CC2)S1. The van der Waals surface area contributed by atoms with Crippen molar-refractivity contribution in [1.82, 2.24) is 5.32 Å². The van der Waals surface area contributed by atoms with Crippen molar-refractivity contribution in [2.24, 2.45) is 5.92 Å². The first-order valence-corrected chi connectivity index (χ1v) is 4.69. The first-order chi connectivity index (χ1) is 4.36. The minimum Gasteiger partial charge on any atom is -0.304 e. The van der Waals surface area contributed by atoms with Gasteiger partial charge in [0.05, 0.1) is 5.37 Å². The van der Waals surface area contributed by atoms with Gasteiger partial charge in [0.2, 0.25) is 0 Å². The van der Waals surface area contributed by atoms with Crippen LogP contribution in [-0.4, -0.2) is 17.2 Å². The van der Waals surface area contributed by atoms with Gasteiger partial charge in [-0.05, 0) is 18.8 Å². The van der Waals surface area contributed by atoms with Gasteiger partial charge in [0.25, 0.3) is 0 Å². The van der Waals surface area contributed by atoms with Crippen LogP contribution < -0.4 is 5.32 Å². The Morgan fingerprint density at radius 1 is 1.44 bits per heavy atom. The van der Waals surface area contributed by atoms with Crippen LogP contribution in [0.3, 0.4) is 0 Å². The molecule has 1 N–H and O–H groups in total. The monoisotopic (exact) mass is 143 g/mol. The van der Waals surface area contributed by atoms with Crippen molar-refractivity contribution in [3.05, 3.63) is 0 Å². The van der Waals surface area contributed by atoms with Gasteiger partial charge in [-0.25, -0.2) is 0 Å². The van der Waals surface area contributed by atoms with Crippen LogP contribution in [0.1, 0.15) is 19.8 Å². The molecule has 2 heteroatoms. The molecule has 2 aliphatic rings. The lowest BCUT2D eigenvalue weighted by atomic mass is 10.4. The summed E-state index contributed by atoms with van der Waals surface area (Å²) in [5.41, 5.74) is 0. The summed E-state index contributed by atoms with van der Waals surface area (Å²) in [4.78, 5) is 0. The molecule has 1 saturated heterocycles. The third-order valence-electron chi connectivity index (χ3n) is 2.04. The Morgan fingerprint density at radius 3 is 2.67 bits per heavy atom. The number of thioether (sulfide) groups is 1. The maximum absolute atomic E-state index is 3.53. The number of nitrogens with one attached hydrogen (secondary N) is 1. The quantitative estimate of drug-likeness (QED) is 0.596. The van der Waals surface area contributed by atoms with Gasteiger partial charge >= 0.3 is 0 Å². The third kappa shape index (κ3) is 1.24. The smallest absolute Gasteiger partial charge is 0.0564 e. The molecule has 1 saturated carbocycles. The minimum absolute atomic E-state index is 0.819. The molecule has 0 aromatic heterocycles. The zero-order valence-corrected chi connectivity index (χ0v) is 6.58. The summed E-state index contributed by atoms with van der Waals surface area (Å²) < 4.78 is 0. The number of hydrogen-bond acceptors (Lipinski definition) is 2. The maximum atomic E-state index is 3.53. The molecule has 1 aliphatic heterocycles. The Bertz CT molecular complexity index is 111. The van der Waals surface area contributed by atoms with Crippen LogP contribution in [0.4, 0.5) is 0 Å². The predicted octanol–water partition coefficient (Wildman–Crippen LogP) is 1.45. The van der Waals surface area contributed by atoms with Crippen LogP contribution >= 0.6 is 11.8 Å². The molecule has 2 atom stereocenters. The second kappa shape index (κ2) is 2.17. The highest BCUT2D eigenvalue weighted by molar-refractivity contribution is 8.00. The van der Waals surface area contributed by atoms with Crippen LogP contribution in [-0.2, 0) is 0 Å². The van der Waals surface area contributed by atoms with Gasteiger partial charge in [0.15, 0.2) is 0 Å². The van der Waals surface area contributed by atoms with Gasteiger partial charge in [-0.15, -0.1) is 11.8 Å². The Morgan fingerprint density at radius 2 is 2.22 bits per heavy atom. The molecule has 0 spiro atoms. The van der Waals surface area contributed by atoms with Crippen molar-refractivity contribution in [2.75, 3.05) is 6.54 Å². The highest BCUT2D eigenvalue weighted by atomic mass is 32.2. The zero-order chi connectivity index (χ0) is 6.27. The fourth-order valence-electron chi connectivity index (χ4n) is 1.31. The van der Waals surface area contributed by atoms with Crippen LogP contribution in [0.2, 0.25) is 0 Å². The summed E-state index contributed by atoms with van der Waals surface area (Å²) in [5.74, 6) is 1.03. The van der Waals surface area contributed by atoms with E-state index in [1.807, 2.05) is 0 Å². The van der Waals surface area contributed by atoms with Gasteiger partial charge in [-0.2, -0.15) is 0 Å². The van der Waals surface area contributed by atoms with E-state index >= 15 is 0 Å². The van der Waals surface area contributed by atoms with Crippen LogP contribution in [0.15, 0.2) is 0 Å². The van der Waals surface area contributed by atoms with Gasteiger partial charge in [0.1, 0.15) is 0 Å². The molecule has 2 fully saturated rings. The Labute approximate surface area is 60.6 Å². The summed E-state index contributed by atoms with van der Waals surface area (Å²) in [7, 11) is 0. The zero-order valence-electron chi connectivity index (χ0n) is 5.76. The Balaban J connectivity index is 1.86. The third-order valence-corrected chi connectivity index (χ3v) is 3.51. The molecular weight excluding hydrogens is 130 g/mol. The van der Waals surface area contributed by atoms with E-state index in [1.165, 1.54) is 19.4 Å². The first-order valence-electron chi connectivity index (χ1n) is 3.75. The average molecular weight is 143 g/mol. The highest BCUT2D eigenvalue weighted by Crippen LogP contribution is 2.41. The predicted molar refractivity (Wildman–Crippen MR) is 41.6 cm³/mol. The minimum atomic E-state index is 0.819. The van der Waals surface area contributed by atoms with Crippen molar-refractivity contribution in [2.45, 2.75) is 30.4 Å². The molecule has 2 unspecified atom stereocenters. The summed E-state index contributed by atoms with van der Waals surface area (Å²) in [6.45, 7) is 3.53. The second-order valence-electron chi connectivity index (χ2n) is 3.11. The highest BCUT2D eigenvalue weighted by Gasteiger charge is 2.35. The Hall–Kier alpha value is 0.310. The molecule has 2 rings (SSSR count). The molecule has 0 aromatic rings. The maximum Gasteiger partial charge on any atom is 0.0564 e. The Kier molecular flexibility index (Phi) is 1.46. The lowest BCUT2D eigenvalue weighted by Crippen LogP contribution is -2.21. The standard InChI is InChI=1S/C7H13NS/c1-5-4-8-7(9-5)6-2-3-6/h5-8H,2-4H2,1H3. The molecule has 1 nitrogen and oxygen atoms in total. The van der Waals surface area contributed by atoms with Crippen molar-refractivity contribution in [3.8, 4) is 0 Å². The van der Waals surface area contributed by atoms with E-state index < -0.39 is 0 Å². The summed E-state index contributed by atoms with van der Waals surface area (Å²) in [6, 6.07) is 0. The van der Waals surface area contributed by atoms with Gasteiger partial charge in [0, 0.05) is 11.8 Å². The topological polar surface area (TPSA) is 12.0 Å². The lowest BCUT2D eigenvalue weighted by molar-refractivity contribution is 0.632. The fraction of sp³-hybridized carbons (Fsp3) is 1.00. The van der Waals surface area contributed by atoms with E-state index in [9.17, 15) is 0 Å². The van der Waals surface area contributed by atoms with E-state index in [-0.39, 0.29) is 0 Å². The molecule has 0 amide bonds. The average Bonchev–Trinajstić information content (AvgIpc) is 2.58. The molecular formula is C7H13NS. The summed E-state index contributed by atoms with van der Waals surface area (Å²) >= 11 is 2.12. The molecule has 52 valence electrons. The van der Waals surface area contributed by atoms with Crippen molar-refractivity contribution >= 4 is 11.8 Å². The first kappa shape index (κ1) is 6.05. The fourth-order valence-corrected chi connectivity index (χ4v) is 2.69. The van der Waals surface area contributed by atoms with Crippen LogP contribution in [0, 0.1) is 5.92 Å². The number of rotatable bonds is 1. The van der Waals surface area contributed by atoms with Crippen molar-refractivity contribution in [1.29, 1.82) is 0 Å². The van der Waals surface area contributed by atoms with Gasteiger partial charge in [-0.1, -0.05) is 6.92 Å². The normalized spacial score (nSPS) is 43.7. The van der Waals surface area contributed by atoms with Crippen LogP contribution in [0.5, 0.6) is 0 Å². The summed E-state index contributed by atoms with van der Waals surface area (Å²) in [6.07, 6.45) is 2.94. The molecule has 0 radical (unpaired) electrons. The molecule has 1 heterocycles. The van der Waals surface area contributed by atoms with Crippen LogP contribution in [0.25, 0.3) is 0 Å². The number of hydrogen-bond donors (Lipinski definition) is 1. The van der Waals surface area contributed by atoms with E-state index in [0.29, 0.717) is 0 Å². The summed E-state index contributed by atoms with van der Waals surface area (Å²) in [5, 5.41) is 5.21. The van der Waals surface area contributed by atoms with Gasteiger partial charge in [-0.3, -0.25) is 0 Å². The molecule has 1 aliphatic carbocycles. The molecule has 9 heavy (non-hydrogen) atoms. The second-order valence-corrected chi connectivity index (χ2v) is 4.70. The van der Waals surface area contributed by atoms with E-state index in [4.69, 9.17) is 0 Å². The molecule has 0 bridgehead atoms. The molecule has 0 aromatic carbocycles. The largest absolute Gasteiger partial charge is 0.304 e. The van der Waals surface area contributed by atoms with E-state index in [1.54, 1.807) is 0 Å². The van der Waals surface area contributed by atoms with Gasteiger partial charge < -0.3 is 5.32 Å². The van der Waals surface area contributed by atoms with E-state index in [2.05, 4.69) is 24.0 Å². The van der Waals surface area contributed by atoms with Crippen molar-refractivity contribution in [3.63, 3.8) is 0 Å².